The fourth-order valence-electron chi connectivity index (χ4n) is 1.97. The third-order valence-corrected chi connectivity index (χ3v) is 3.29. The van der Waals surface area contributed by atoms with E-state index < -0.39 is 0 Å². The zero-order valence-corrected chi connectivity index (χ0v) is 11.3. The summed E-state index contributed by atoms with van der Waals surface area (Å²) < 4.78 is 0.832. The van der Waals surface area contributed by atoms with E-state index >= 15 is 0 Å². The maximum atomic E-state index is 4.22. The molecule has 3 aromatic heterocycles. The van der Waals surface area contributed by atoms with Crippen molar-refractivity contribution in [2.24, 2.45) is 0 Å². The highest BCUT2D eigenvalue weighted by molar-refractivity contribution is 9.10. The Labute approximate surface area is 113 Å². The molecule has 0 saturated carbocycles. The summed E-state index contributed by atoms with van der Waals surface area (Å²) in [4.78, 5) is 11.7. The maximum absolute atomic E-state index is 4.22. The second kappa shape index (κ2) is 4.42. The van der Waals surface area contributed by atoms with Gasteiger partial charge in [-0.2, -0.15) is 0 Å². The van der Waals surface area contributed by atoms with Crippen molar-refractivity contribution in [2.75, 3.05) is 12.4 Å². The minimum atomic E-state index is 0.832. The van der Waals surface area contributed by atoms with Gasteiger partial charge in [-0.05, 0) is 39.7 Å². The largest absolute Gasteiger partial charge is 0.373 e. The van der Waals surface area contributed by atoms with E-state index in [4.69, 9.17) is 0 Å². The van der Waals surface area contributed by atoms with E-state index in [1.54, 1.807) is 6.20 Å². The fourth-order valence-corrected chi connectivity index (χ4v) is 2.30. The lowest BCUT2D eigenvalue weighted by atomic mass is 10.1. The van der Waals surface area contributed by atoms with Gasteiger partial charge >= 0.3 is 0 Å². The van der Waals surface area contributed by atoms with Gasteiger partial charge in [-0.3, -0.25) is 0 Å². The molecule has 0 atom stereocenters. The molecule has 0 unspecified atom stereocenters. The Morgan fingerprint density at radius 1 is 1.28 bits per heavy atom. The lowest BCUT2D eigenvalue weighted by Gasteiger charge is -2.03. The van der Waals surface area contributed by atoms with Crippen molar-refractivity contribution in [3.8, 4) is 11.1 Å². The maximum Gasteiger partial charge on any atom is 0.126 e. The van der Waals surface area contributed by atoms with Gasteiger partial charge in [0.2, 0.25) is 0 Å². The fraction of sp³-hybridized carbons (Fsp3) is 0.0769. The highest BCUT2D eigenvalue weighted by Crippen LogP contribution is 2.30. The Morgan fingerprint density at radius 3 is 3.00 bits per heavy atom. The number of aromatic amines is 1. The topological polar surface area (TPSA) is 53.6 Å². The molecule has 3 aromatic rings. The molecule has 18 heavy (non-hydrogen) atoms. The van der Waals surface area contributed by atoms with Crippen molar-refractivity contribution in [3.05, 3.63) is 41.4 Å². The van der Waals surface area contributed by atoms with E-state index in [0.29, 0.717) is 0 Å². The number of fused-ring (bicyclic) bond motifs is 1. The summed E-state index contributed by atoms with van der Waals surface area (Å²) in [5.41, 5.74) is 3.29. The Bertz CT molecular complexity index is 705. The van der Waals surface area contributed by atoms with Gasteiger partial charge in [-0.15, -0.1) is 0 Å². The number of hydrogen-bond acceptors (Lipinski definition) is 3. The number of anilines is 1. The molecule has 4 nitrogen and oxygen atoms in total. The lowest BCUT2D eigenvalue weighted by Crippen LogP contribution is -1.91. The summed E-state index contributed by atoms with van der Waals surface area (Å²) in [6.07, 6.45) is 5.62. The van der Waals surface area contributed by atoms with Crippen LogP contribution in [-0.2, 0) is 0 Å². The van der Waals surface area contributed by atoms with Gasteiger partial charge < -0.3 is 10.3 Å². The molecule has 0 aliphatic rings. The molecule has 0 amide bonds. The number of aromatic nitrogens is 3. The number of H-pyrrole nitrogens is 1. The van der Waals surface area contributed by atoms with Crippen LogP contribution in [0.2, 0.25) is 0 Å². The molecule has 0 saturated heterocycles. The van der Waals surface area contributed by atoms with E-state index in [2.05, 4.69) is 36.2 Å². The van der Waals surface area contributed by atoms with E-state index in [-0.39, 0.29) is 0 Å². The van der Waals surface area contributed by atoms with Gasteiger partial charge in [0.15, 0.2) is 0 Å². The second-order valence-corrected chi connectivity index (χ2v) is 4.75. The van der Waals surface area contributed by atoms with Crippen LogP contribution in [0.1, 0.15) is 0 Å². The summed E-state index contributed by atoms with van der Waals surface area (Å²) in [6.45, 7) is 0. The summed E-state index contributed by atoms with van der Waals surface area (Å²) in [5.74, 6) is 0.856. The molecule has 0 aromatic carbocycles. The van der Waals surface area contributed by atoms with Gasteiger partial charge in [0.05, 0.1) is 11.7 Å². The van der Waals surface area contributed by atoms with Crippen molar-refractivity contribution in [2.45, 2.75) is 0 Å². The van der Waals surface area contributed by atoms with Crippen LogP contribution in [0.25, 0.3) is 22.0 Å². The number of nitrogens with zero attached hydrogens (tertiary/aromatic N) is 2. The van der Waals surface area contributed by atoms with Gasteiger partial charge in [-0.25, -0.2) is 9.97 Å². The van der Waals surface area contributed by atoms with Crippen molar-refractivity contribution in [1.29, 1.82) is 0 Å². The van der Waals surface area contributed by atoms with Crippen LogP contribution in [0.3, 0.4) is 0 Å². The Kier molecular flexibility index (Phi) is 2.76. The molecule has 0 fully saturated rings. The first-order valence-corrected chi connectivity index (χ1v) is 6.34. The highest BCUT2D eigenvalue weighted by Gasteiger charge is 2.07. The first-order valence-electron chi connectivity index (χ1n) is 5.55. The standard InChI is InChI=1S/C13H11BrN4/c1-15-13-4-8(2-3-16-13)10-6-17-11-7-18-12(14)5-9(10)11/h2-7,17H,1H3,(H,15,16). The van der Waals surface area contributed by atoms with E-state index in [1.165, 1.54) is 0 Å². The van der Waals surface area contributed by atoms with Crippen LogP contribution in [0, 0.1) is 0 Å². The van der Waals surface area contributed by atoms with Crippen LogP contribution < -0.4 is 5.32 Å². The van der Waals surface area contributed by atoms with Crippen molar-refractivity contribution < 1.29 is 0 Å². The summed E-state index contributed by atoms with van der Waals surface area (Å²) in [5, 5.41) is 4.19. The van der Waals surface area contributed by atoms with E-state index in [1.807, 2.05) is 37.6 Å². The Morgan fingerprint density at radius 2 is 2.17 bits per heavy atom. The van der Waals surface area contributed by atoms with Gasteiger partial charge in [0, 0.05) is 30.4 Å². The molecule has 0 radical (unpaired) electrons. The van der Waals surface area contributed by atoms with Gasteiger partial charge in [0.1, 0.15) is 10.4 Å². The van der Waals surface area contributed by atoms with Crippen LogP contribution in [0.15, 0.2) is 41.4 Å². The predicted molar refractivity (Wildman–Crippen MR) is 76.6 cm³/mol. The normalized spacial score (nSPS) is 10.8. The van der Waals surface area contributed by atoms with Crippen LogP contribution in [-0.4, -0.2) is 22.0 Å². The van der Waals surface area contributed by atoms with Crippen molar-refractivity contribution in [3.63, 3.8) is 0 Å². The third-order valence-electron chi connectivity index (χ3n) is 2.86. The first kappa shape index (κ1) is 11.2. The van der Waals surface area contributed by atoms with Crippen LogP contribution in [0.5, 0.6) is 0 Å². The Balaban J connectivity index is 2.21. The van der Waals surface area contributed by atoms with E-state index in [9.17, 15) is 0 Å². The quantitative estimate of drug-likeness (QED) is 0.713. The molecule has 0 aliphatic heterocycles. The summed E-state index contributed by atoms with van der Waals surface area (Å²) in [7, 11) is 1.86. The molecule has 3 heterocycles. The Hall–Kier alpha value is -1.88. The molecular weight excluding hydrogens is 292 g/mol. The van der Waals surface area contributed by atoms with Crippen LogP contribution >= 0.6 is 15.9 Å². The SMILES string of the molecule is CNc1cc(-c2c[nH]c3cnc(Br)cc23)ccn1. The van der Waals surface area contributed by atoms with Crippen molar-refractivity contribution in [1.82, 2.24) is 15.0 Å². The highest BCUT2D eigenvalue weighted by atomic mass is 79.9. The van der Waals surface area contributed by atoms with Crippen LogP contribution in [0.4, 0.5) is 5.82 Å². The molecular formula is C13H11BrN4. The number of nitrogens with one attached hydrogen (secondary N) is 2. The molecule has 0 aliphatic carbocycles. The monoisotopic (exact) mass is 302 g/mol. The smallest absolute Gasteiger partial charge is 0.126 e. The van der Waals surface area contributed by atoms with Crippen molar-refractivity contribution >= 4 is 32.7 Å². The van der Waals surface area contributed by atoms with E-state index in [0.717, 1.165) is 32.5 Å². The van der Waals surface area contributed by atoms with Gasteiger partial charge in [-0.1, -0.05) is 0 Å². The molecule has 2 N–H and O–H groups in total. The molecule has 0 bridgehead atoms. The molecule has 90 valence electrons. The third kappa shape index (κ3) is 1.86. The average Bonchev–Trinajstić information content (AvgIpc) is 2.81. The minimum absolute atomic E-state index is 0.832. The summed E-state index contributed by atoms with van der Waals surface area (Å²) in [6, 6.07) is 6.04. The molecule has 3 rings (SSSR count). The van der Waals surface area contributed by atoms with Gasteiger partial charge in [0.25, 0.3) is 0 Å². The predicted octanol–water partition coefficient (Wildman–Crippen LogP) is 3.43. The second-order valence-electron chi connectivity index (χ2n) is 3.93. The zero-order valence-electron chi connectivity index (χ0n) is 9.74. The number of hydrogen-bond donors (Lipinski definition) is 2. The number of rotatable bonds is 2. The number of pyridine rings is 2. The lowest BCUT2D eigenvalue weighted by molar-refractivity contribution is 1.29. The molecule has 0 spiro atoms. The zero-order chi connectivity index (χ0) is 12.5. The summed E-state index contributed by atoms with van der Waals surface area (Å²) >= 11 is 3.40. The minimum Gasteiger partial charge on any atom is -0.373 e. The number of halogens is 1. The average molecular weight is 303 g/mol. The first-order chi connectivity index (χ1) is 8.78. The molecule has 5 heteroatoms.